The quantitative estimate of drug-likeness (QED) is 0.613. The summed E-state index contributed by atoms with van der Waals surface area (Å²) < 4.78 is 36.8. The van der Waals surface area contributed by atoms with Gasteiger partial charge in [0.15, 0.2) is 18.1 Å². The molecule has 0 saturated carbocycles. The fourth-order valence-electron chi connectivity index (χ4n) is 2.56. The van der Waals surface area contributed by atoms with Gasteiger partial charge in [-0.15, -0.1) is 0 Å². The predicted molar refractivity (Wildman–Crippen MR) is 112 cm³/mol. The van der Waals surface area contributed by atoms with E-state index >= 15 is 0 Å². The lowest BCUT2D eigenvalue weighted by atomic mass is 10.1. The third kappa shape index (κ3) is 5.71. The van der Waals surface area contributed by atoms with E-state index in [4.69, 9.17) is 15.2 Å². The molecule has 0 aromatic heterocycles. The van der Waals surface area contributed by atoms with Gasteiger partial charge in [-0.3, -0.25) is 9.59 Å². The van der Waals surface area contributed by atoms with Crippen molar-refractivity contribution in [3.8, 4) is 11.5 Å². The number of carbonyl (C=O) groups is 2. The molecule has 162 valence electrons. The van der Waals surface area contributed by atoms with Crippen LogP contribution < -0.4 is 20.5 Å². The molecule has 0 heterocycles. The highest BCUT2D eigenvalue weighted by Crippen LogP contribution is 2.30. The Balaban J connectivity index is 2.11. The number of nitrogens with one attached hydrogen (secondary N) is 1. The summed E-state index contributed by atoms with van der Waals surface area (Å²) in [5.41, 5.74) is 7.24. The number of sulfonamides is 1. The molecular formula is C20H25N3O6S. The highest BCUT2D eigenvalue weighted by Gasteiger charge is 2.23. The summed E-state index contributed by atoms with van der Waals surface area (Å²) in [4.78, 5) is 23.4. The van der Waals surface area contributed by atoms with Crippen molar-refractivity contribution in [3.05, 3.63) is 47.5 Å². The summed E-state index contributed by atoms with van der Waals surface area (Å²) in [6.07, 6.45) is 0. The van der Waals surface area contributed by atoms with Gasteiger partial charge in [-0.05, 0) is 49.2 Å². The number of amides is 2. The topological polar surface area (TPSA) is 128 Å². The summed E-state index contributed by atoms with van der Waals surface area (Å²) >= 11 is 0. The lowest BCUT2D eigenvalue weighted by molar-refractivity contribution is -0.120. The number of hydrogen-bond donors (Lipinski definition) is 2. The first kappa shape index (κ1) is 23.2. The molecule has 0 atom stereocenters. The predicted octanol–water partition coefficient (Wildman–Crippen LogP) is 1.44. The average molecular weight is 436 g/mol. The number of hydrogen-bond acceptors (Lipinski definition) is 6. The van der Waals surface area contributed by atoms with Crippen LogP contribution in [0, 0.1) is 13.8 Å². The van der Waals surface area contributed by atoms with Crippen LogP contribution in [-0.4, -0.2) is 51.8 Å². The maximum atomic E-state index is 12.7. The van der Waals surface area contributed by atoms with E-state index in [9.17, 15) is 18.0 Å². The van der Waals surface area contributed by atoms with Gasteiger partial charge in [-0.25, -0.2) is 8.42 Å². The summed E-state index contributed by atoms with van der Waals surface area (Å²) in [6.45, 7) is 2.96. The molecule has 0 aliphatic carbocycles. The van der Waals surface area contributed by atoms with Crippen LogP contribution in [0.5, 0.6) is 11.5 Å². The van der Waals surface area contributed by atoms with Gasteiger partial charge in [0, 0.05) is 18.8 Å². The number of ether oxygens (including phenoxy) is 2. The Labute approximate surface area is 175 Å². The number of rotatable bonds is 9. The zero-order valence-electron chi connectivity index (χ0n) is 17.3. The van der Waals surface area contributed by atoms with Crippen molar-refractivity contribution < 1.29 is 27.5 Å². The number of anilines is 1. The van der Waals surface area contributed by atoms with Crippen LogP contribution in [0.3, 0.4) is 0 Å². The van der Waals surface area contributed by atoms with Gasteiger partial charge in [0.05, 0.1) is 18.6 Å². The molecule has 10 heteroatoms. The second-order valence-electron chi connectivity index (χ2n) is 6.68. The van der Waals surface area contributed by atoms with Crippen LogP contribution in [0.4, 0.5) is 5.69 Å². The molecule has 0 aliphatic rings. The number of methoxy groups -OCH3 is 1. The SMILES string of the molecule is COc1ccc(NC(=O)CN(C)S(=O)(=O)c2ccc(C)c(C)c2)cc1OCC(N)=O. The van der Waals surface area contributed by atoms with Gasteiger partial charge < -0.3 is 20.5 Å². The number of nitrogens with zero attached hydrogens (tertiary/aromatic N) is 1. The zero-order valence-corrected chi connectivity index (χ0v) is 18.1. The number of likely N-dealkylation sites (N-methyl/N-ethyl adjacent to an activating group) is 1. The fraction of sp³-hybridized carbons (Fsp3) is 0.300. The molecule has 0 unspecified atom stereocenters. The summed E-state index contributed by atoms with van der Waals surface area (Å²) in [5, 5.41) is 2.60. The van der Waals surface area contributed by atoms with Gasteiger partial charge in [0.2, 0.25) is 15.9 Å². The standard InChI is InChI=1S/C20H25N3O6S/c1-13-5-7-16(9-14(13)2)30(26,27)23(3)11-20(25)22-15-6-8-17(28-4)18(10-15)29-12-19(21)24/h5-10H,11-12H2,1-4H3,(H2,21,24)(H,22,25). The summed E-state index contributed by atoms with van der Waals surface area (Å²) in [5.74, 6) is -0.644. The van der Waals surface area contributed by atoms with E-state index in [1.807, 2.05) is 13.8 Å². The van der Waals surface area contributed by atoms with E-state index in [2.05, 4.69) is 5.32 Å². The first-order valence-electron chi connectivity index (χ1n) is 8.97. The maximum Gasteiger partial charge on any atom is 0.255 e. The molecule has 0 fully saturated rings. The lowest BCUT2D eigenvalue weighted by Gasteiger charge is -2.18. The Bertz CT molecular complexity index is 1050. The van der Waals surface area contributed by atoms with Gasteiger partial charge >= 0.3 is 0 Å². The van der Waals surface area contributed by atoms with Crippen LogP contribution in [0.1, 0.15) is 11.1 Å². The molecule has 0 bridgehead atoms. The van der Waals surface area contributed by atoms with Crippen molar-refractivity contribution >= 4 is 27.5 Å². The summed E-state index contributed by atoms with van der Waals surface area (Å²) in [6, 6.07) is 9.37. The van der Waals surface area contributed by atoms with Crippen LogP contribution in [0.15, 0.2) is 41.3 Å². The molecule has 0 radical (unpaired) electrons. The van der Waals surface area contributed by atoms with Crippen LogP contribution in [-0.2, 0) is 19.6 Å². The summed E-state index contributed by atoms with van der Waals surface area (Å²) in [7, 11) is -1.07. The number of benzene rings is 2. The first-order chi connectivity index (χ1) is 14.0. The van der Waals surface area contributed by atoms with Gasteiger partial charge in [-0.1, -0.05) is 6.07 Å². The minimum absolute atomic E-state index is 0.118. The smallest absolute Gasteiger partial charge is 0.255 e. The Morgan fingerprint density at radius 2 is 1.77 bits per heavy atom. The van der Waals surface area contributed by atoms with E-state index in [-0.39, 0.29) is 17.3 Å². The van der Waals surface area contributed by atoms with Crippen molar-refractivity contribution in [2.24, 2.45) is 5.73 Å². The van der Waals surface area contributed by atoms with Crippen LogP contribution in [0.2, 0.25) is 0 Å². The molecular weight excluding hydrogens is 410 g/mol. The molecule has 2 amide bonds. The van der Waals surface area contributed by atoms with Gasteiger partial charge in [-0.2, -0.15) is 4.31 Å². The van der Waals surface area contributed by atoms with E-state index < -0.39 is 28.4 Å². The fourth-order valence-corrected chi connectivity index (χ4v) is 3.77. The Kier molecular flexibility index (Phi) is 7.41. The first-order valence-corrected chi connectivity index (χ1v) is 10.4. The van der Waals surface area contributed by atoms with Crippen molar-refractivity contribution in [2.75, 3.05) is 32.6 Å². The molecule has 0 saturated heterocycles. The number of carbonyl (C=O) groups excluding carboxylic acids is 2. The third-order valence-corrected chi connectivity index (χ3v) is 6.17. The second-order valence-corrected chi connectivity index (χ2v) is 8.72. The largest absolute Gasteiger partial charge is 0.493 e. The number of primary amides is 1. The second kappa shape index (κ2) is 9.59. The van der Waals surface area contributed by atoms with E-state index in [0.29, 0.717) is 11.4 Å². The van der Waals surface area contributed by atoms with Crippen molar-refractivity contribution in [2.45, 2.75) is 18.7 Å². The van der Waals surface area contributed by atoms with Crippen LogP contribution >= 0.6 is 0 Å². The van der Waals surface area contributed by atoms with Crippen molar-refractivity contribution in [1.82, 2.24) is 4.31 Å². The normalized spacial score (nSPS) is 11.2. The zero-order chi connectivity index (χ0) is 22.5. The molecule has 9 nitrogen and oxygen atoms in total. The molecule has 0 aliphatic heterocycles. The molecule has 30 heavy (non-hydrogen) atoms. The van der Waals surface area contributed by atoms with E-state index in [0.717, 1.165) is 15.4 Å². The number of aryl methyl sites for hydroxylation is 2. The molecule has 2 aromatic rings. The molecule has 0 spiro atoms. The highest BCUT2D eigenvalue weighted by molar-refractivity contribution is 7.89. The maximum absolute atomic E-state index is 12.7. The number of nitrogens with two attached hydrogens (primary N) is 1. The monoisotopic (exact) mass is 435 g/mol. The minimum atomic E-state index is -3.83. The van der Waals surface area contributed by atoms with E-state index in [1.165, 1.54) is 26.3 Å². The Morgan fingerprint density at radius 3 is 2.37 bits per heavy atom. The highest BCUT2D eigenvalue weighted by atomic mass is 32.2. The van der Waals surface area contributed by atoms with Crippen molar-refractivity contribution in [1.29, 1.82) is 0 Å². The molecule has 2 aromatic carbocycles. The Hall–Kier alpha value is -3.11. The third-order valence-electron chi connectivity index (χ3n) is 4.37. The molecule has 3 N–H and O–H groups in total. The van der Waals surface area contributed by atoms with Gasteiger partial charge in [0.25, 0.3) is 5.91 Å². The van der Waals surface area contributed by atoms with Gasteiger partial charge in [0.1, 0.15) is 0 Å². The van der Waals surface area contributed by atoms with E-state index in [1.54, 1.807) is 24.3 Å². The van der Waals surface area contributed by atoms with Crippen molar-refractivity contribution in [3.63, 3.8) is 0 Å². The average Bonchev–Trinajstić information content (AvgIpc) is 2.68. The minimum Gasteiger partial charge on any atom is -0.493 e. The van der Waals surface area contributed by atoms with Crippen LogP contribution in [0.25, 0.3) is 0 Å². The lowest BCUT2D eigenvalue weighted by Crippen LogP contribution is -2.35. The molecule has 2 rings (SSSR count). The Morgan fingerprint density at radius 1 is 1.07 bits per heavy atom.